The molecule has 0 saturated heterocycles. The Morgan fingerprint density at radius 2 is 1.88 bits per heavy atom. The largest absolute Gasteiger partial charge is 0.338 e. The molecular formula is C22H29N3O. The van der Waals surface area contributed by atoms with Gasteiger partial charge in [-0.05, 0) is 42.9 Å². The van der Waals surface area contributed by atoms with E-state index in [1.54, 1.807) is 0 Å². The predicted octanol–water partition coefficient (Wildman–Crippen LogP) is 3.28. The summed E-state index contributed by atoms with van der Waals surface area (Å²) in [5.74, 6) is 0. The van der Waals surface area contributed by atoms with Crippen molar-refractivity contribution < 1.29 is 4.79 Å². The first-order valence-electron chi connectivity index (χ1n) is 9.39. The molecule has 1 fully saturated rings. The molecule has 0 bridgehead atoms. The molecule has 3 unspecified atom stereocenters. The first-order chi connectivity index (χ1) is 12.5. The Morgan fingerprint density at radius 1 is 1.19 bits per heavy atom. The monoisotopic (exact) mass is 351 g/mol. The van der Waals surface area contributed by atoms with E-state index in [0.29, 0.717) is 6.54 Å². The van der Waals surface area contributed by atoms with Crippen LogP contribution in [0.1, 0.15) is 36.5 Å². The second-order valence-electron chi connectivity index (χ2n) is 7.63. The summed E-state index contributed by atoms with van der Waals surface area (Å²) >= 11 is 0. The maximum absolute atomic E-state index is 12.2. The van der Waals surface area contributed by atoms with E-state index >= 15 is 0 Å². The van der Waals surface area contributed by atoms with Gasteiger partial charge in [0.05, 0.1) is 0 Å². The minimum absolute atomic E-state index is 0.0480. The number of nitrogens with one attached hydrogen (secondary N) is 2. The second-order valence-corrected chi connectivity index (χ2v) is 7.63. The van der Waals surface area contributed by atoms with Crippen molar-refractivity contribution in [1.82, 2.24) is 10.6 Å². The van der Waals surface area contributed by atoms with Crippen LogP contribution in [-0.4, -0.2) is 24.7 Å². The van der Waals surface area contributed by atoms with Crippen LogP contribution in [0.25, 0.3) is 0 Å². The smallest absolute Gasteiger partial charge is 0.315 e. The maximum Gasteiger partial charge on any atom is 0.315 e. The molecule has 2 aromatic rings. The van der Waals surface area contributed by atoms with Crippen LogP contribution in [0.15, 0.2) is 54.6 Å². The van der Waals surface area contributed by atoms with Crippen LogP contribution < -0.4 is 16.4 Å². The fourth-order valence-electron chi connectivity index (χ4n) is 3.69. The lowest BCUT2D eigenvalue weighted by molar-refractivity contribution is 0.239. The molecule has 0 aliphatic heterocycles. The Kier molecular flexibility index (Phi) is 5.62. The zero-order chi connectivity index (χ0) is 18.6. The molecule has 1 aliphatic rings. The molecule has 4 heteroatoms. The molecule has 2 aromatic carbocycles. The van der Waals surface area contributed by atoms with Crippen LogP contribution in [0, 0.1) is 6.92 Å². The molecule has 138 valence electrons. The lowest BCUT2D eigenvalue weighted by Crippen LogP contribution is -2.41. The molecular weight excluding hydrogens is 322 g/mol. The third kappa shape index (κ3) is 4.44. The Morgan fingerprint density at radius 3 is 2.62 bits per heavy atom. The topological polar surface area (TPSA) is 67.2 Å². The van der Waals surface area contributed by atoms with Gasteiger partial charge in [0.2, 0.25) is 0 Å². The number of nitrogens with two attached hydrogens (primary N) is 1. The standard InChI is InChI=1S/C22H29N3O/c1-16-8-6-7-11-19(16)22(2)15-20(22)25-21(26)24-13-12-18(23)14-17-9-4-3-5-10-17/h3-11,18,20H,12-15,23H2,1-2H3,(H2,24,25,26). The highest BCUT2D eigenvalue weighted by Gasteiger charge is 2.52. The fraction of sp³-hybridized carbons (Fsp3) is 0.409. The third-order valence-corrected chi connectivity index (χ3v) is 5.44. The Labute approximate surface area is 156 Å². The van der Waals surface area contributed by atoms with Crippen molar-refractivity contribution in [3.63, 3.8) is 0 Å². The Hall–Kier alpha value is -2.33. The number of rotatable bonds is 7. The molecule has 1 saturated carbocycles. The molecule has 2 amide bonds. The number of carbonyl (C=O) groups is 1. The van der Waals surface area contributed by atoms with E-state index in [2.05, 4.69) is 60.9 Å². The van der Waals surface area contributed by atoms with Crippen LogP contribution in [0.3, 0.4) is 0 Å². The number of carbonyl (C=O) groups excluding carboxylic acids is 1. The highest BCUT2D eigenvalue weighted by atomic mass is 16.2. The summed E-state index contributed by atoms with van der Waals surface area (Å²) in [5.41, 5.74) is 10.1. The average Bonchev–Trinajstić information content (AvgIpc) is 3.26. The van der Waals surface area contributed by atoms with Gasteiger partial charge in [-0.2, -0.15) is 0 Å². The SMILES string of the molecule is Cc1ccccc1C1(C)CC1NC(=O)NCCC(N)Cc1ccccc1. The van der Waals surface area contributed by atoms with E-state index in [4.69, 9.17) is 5.73 Å². The van der Waals surface area contributed by atoms with Crippen LogP contribution in [0.4, 0.5) is 4.79 Å². The minimum Gasteiger partial charge on any atom is -0.338 e. The molecule has 3 rings (SSSR count). The van der Waals surface area contributed by atoms with Gasteiger partial charge in [-0.3, -0.25) is 0 Å². The Bertz CT molecular complexity index is 746. The van der Waals surface area contributed by atoms with Crippen LogP contribution in [0.5, 0.6) is 0 Å². The van der Waals surface area contributed by atoms with Crippen LogP contribution >= 0.6 is 0 Å². The van der Waals surface area contributed by atoms with Gasteiger partial charge in [-0.15, -0.1) is 0 Å². The van der Waals surface area contributed by atoms with Gasteiger partial charge in [0, 0.05) is 24.0 Å². The molecule has 26 heavy (non-hydrogen) atoms. The molecule has 0 aromatic heterocycles. The van der Waals surface area contributed by atoms with Gasteiger partial charge in [0.1, 0.15) is 0 Å². The molecule has 4 N–H and O–H groups in total. The van der Waals surface area contributed by atoms with E-state index in [9.17, 15) is 4.79 Å². The number of amides is 2. The van der Waals surface area contributed by atoms with Crippen molar-refractivity contribution in [3.05, 3.63) is 71.3 Å². The molecule has 0 spiro atoms. The highest BCUT2D eigenvalue weighted by molar-refractivity contribution is 5.75. The van der Waals surface area contributed by atoms with Gasteiger partial charge in [0.15, 0.2) is 0 Å². The lowest BCUT2D eigenvalue weighted by Gasteiger charge is -2.16. The summed E-state index contributed by atoms with van der Waals surface area (Å²) in [6.45, 7) is 4.94. The summed E-state index contributed by atoms with van der Waals surface area (Å²) in [6, 6.07) is 18.8. The zero-order valence-electron chi connectivity index (χ0n) is 15.7. The predicted molar refractivity (Wildman–Crippen MR) is 106 cm³/mol. The lowest BCUT2D eigenvalue weighted by atomic mass is 9.93. The van der Waals surface area contributed by atoms with Gasteiger partial charge in [-0.1, -0.05) is 61.5 Å². The summed E-state index contributed by atoms with van der Waals surface area (Å²) in [6.07, 6.45) is 2.58. The first kappa shape index (κ1) is 18.5. The molecule has 0 heterocycles. The Balaban J connectivity index is 1.39. The highest BCUT2D eigenvalue weighted by Crippen LogP contribution is 2.48. The van der Waals surface area contributed by atoms with Gasteiger partial charge in [-0.25, -0.2) is 4.79 Å². The molecule has 0 radical (unpaired) electrons. The summed E-state index contributed by atoms with van der Waals surface area (Å²) in [4.78, 5) is 12.2. The number of hydrogen-bond donors (Lipinski definition) is 3. The second kappa shape index (κ2) is 7.92. The third-order valence-electron chi connectivity index (χ3n) is 5.44. The van der Waals surface area contributed by atoms with Crippen molar-refractivity contribution in [2.75, 3.05) is 6.54 Å². The first-order valence-corrected chi connectivity index (χ1v) is 9.39. The van der Waals surface area contributed by atoms with E-state index in [1.807, 2.05) is 18.2 Å². The van der Waals surface area contributed by atoms with E-state index in [-0.39, 0.29) is 23.5 Å². The van der Waals surface area contributed by atoms with Crippen molar-refractivity contribution in [2.24, 2.45) is 5.73 Å². The van der Waals surface area contributed by atoms with E-state index in [0.717, 1.165) is 19.3 Å². The van der Waals surface area contributed by atoms with E-state index in [1.165, 1.54) is 16.7 Å². The fourth-order valence-corrected chi connectivity index (χ4v) is 3.69. The van der Waals surface area contributed by atoms with Gasteiger partial charge < -0.3 is 16.4 Å². The number of aryl methyl sites for hydroxylation is 1. The van der Waals surface area contributed by atoms with Gasteiger partial charge >= 0.3 is 6.03 Å². The molecule has 1 aliphatic carbocycles. The number of benzene rings is 2. The summed E-state index contributed by atoms with van der Waals surface area (Å²) in [5, 5.41) is 6.05. The molecule has 3 atom stereocenters. The summed E-state index contributed by atoms with van der Waals surface area (Å²) in [7, 11) is 0. The zero-order valence-corrected chi connectivity index (χ0v) is 15.7. The number of urea groups is 1. The van der Waals surface area contributed by atoms with Crippen LogP contribution in [0.2, 0.25) is 0 Å². The van der Waals surface area contributed by atoms with Crippen LogP contribution in [-0.2, 0) is 11.8 Å². The van der Waals surface area contributed by atoms with Crippen molar-refractivity contribution >= 4 is 6.03 Å². The van der Waals surface area contributed by atoms with Gasteiger partial charge in [0.25, 0.3) is 0 Å². The maximum atomic E-state index is 12.2. The quantitative estimate of drug-likeness (QED) is 0.716. The number of hydrogen-bond acceptors (Lipinski definition) is 2. The normalized spacial score (nSPS) is 22.5. The van der Waals surface area contributed by atoms with Crippen molar-refractivity contribution in [2.45, 2.75) is 50.6 Å². The minimum atomic E-state index is -0.0979. The van der Waals surface area contributed by atoms with Crippen molar-refractivity contribution in [1.29, 1.82) is 0 Å². The summed E-state index contributed by atoms with van der Waals surface area (Å²) < 4.78 is 0. The van der Waals surface area contributed by atoms with E-state index < -0.39 is 0 Å². The van der Waals surface area contributed by atoms with Crippen molar-refractivity contribution in [3.8, 4) is 0 Å². The average molecular weight is 351 g/mol. The molecule has 4 nitrogen and oxygen atoms in total.